The molecule has 0 unspecified atom stereocenters. The Morgan fingerprint density at radius 2 is 1.62 bits per heavy atom. The molecule has 0 aliphatic rings. The van der Waals surface area contributed by atoms with Crippen molar-refractivity contribution >= 4 is 44.8 Å². The van der Waals surface area contributed by atoms with Gasteiger partial charge in [-0.1, -0.05) is 41.4 Å². The van der Waals surface area contributed by atoms with Crippen LogP contribution in [0, 0.1) is 6.92 Å². The van der Waals surface area contributed by atoms with Gasteiger partial charge in [0.2, 0.25) is 0 Å². The fourth-order valence-corrected chi connectivity index (χ4v) is 4.94. The van der Waals surface area contributed by atoms with Crippen molar-refractivity contribution in [3.63, 3.8) is 0 Å². The molecule has 0 aliphatic heterocycles. The van der Waals surface area contributed by atoms with Crippen LogP contribution in [0.4, 0.5) is 5.69 Å². The normalized spacial score (nSPS) is 11.1. The van der Waals surface area contributed by atoms with Crippen LogP contribution in [0.1, 0.15) is 21.5 Å². The van der Waals surface area contributed by atoms with Gasteiger partial charge in [0.05, 0.1) is 29.8 Å². The van der Waals surface area contributed by atoms with Gasteiger partial charge in [0, 0.05) is 23.2 Å². The Morgan fingerprint density at radius 1 is 0.941 bits per heavy atom. The van der Waals surface area contributed by atoms with Crippen LogP contribution < -0.4 is 19.5 Å². The maximum atomic E-state index is 13.2. The third-order valence-corrected chi connectivity index (χ3v) is 7.13. The van der Waals surface area contributed by atoms with Crippen LogP contribution in [-0.4, -0.2) is 35.1 Å². The number of amides is 1. The molecule has 0 atom stereocenters. The van der Waals surface area contributed by atoms with Gasteiger partial charge in [-0.15, -0.1) is 0 Å². The van der Waals surface area contributed by atoms with Crippen molar-refractivity contribution in [1.82, 2.24) is 5.32 Å². The molecule has 10 heteroatoms. The topological polar surface area (TPSA) is 93.7 Å². The Morgan fingerprint density at radius 3 is 2.26 bits per heavy atom. The summed E-state index contributed by atoms with van der Waals surface area (Å²) in [5.41, 5.74) is 1.87. The molecule has 3 aromatic carbocycles. The summed E-state index contributed by atoms with van der Waals surface area (Å²) in [5, 5.41) is 3.67. The number of aryl methyl sites for hydroxylation is 1. The lowest BCUT2D eigenvalue weighted by Gasteiger charge is -2.16. The molecule has 34 heavy (non-hydrogen) atoms. The van der Waals surface area contributed by atoms with Crippen LogP contribution in [0.15, 0.2) is 59.5 Å². The van der Waals surface area contributed by atoms with Crippen molar-refractivity contribution in [3.05, 3.63) is 81.3 Å². The zero-order chi connectivity index (χ0) is 24.9. The maximum absolute atomic E-state index is 13.2. The number of benzene rings is 3. The van der Waals surface area contributed by atoms with E-state index in [0.717, 1.165) is 5.56 Å². The highest BCUT2D eigenvalue weighted by molar-refractivity contribution is 7.92. The summed E-state index contributed by atoms with van der Waals surface area (Å²) in [6.07, 6.45) is 0.611. The summed E-state index contributed by atoms with van der Waals surface area (Å²) >= 11 is 12.0. The molecule has 1 amide bonds. The number of hydrogen-bond acceptors (Lipinski definition) is 5. The molecule has 0 bridgehead atoms. The van der Waals surface area contributed by atoms with Crippen molar-refractivity contribution in [3.8, 4) is 11.5 Å². The van der Waals surface area contributed by atoms with Crippen molar-refractivity contribution < 1.29 is 22.7 Å². The predicted octanol–water partition coefficient (Wildman–Crippen LogP) is 5.09. The molecule has 0 heterocycles. The first-order valence-corrected chi connectivity index (χ1v) is 12.5. The van der Waals surface area contributed by atoms with Gasteiger partial charge >= 0.3 is 0 Å². The fraction of sp³-hybridized carbons (Fsp3) is 0.208. The Kier molecular flexibility index (Phi) is 8.30. The number of anilines is 1. The van der Waals surface area contributed by atoms with Gasteiger partial charge in [-0.25, -0.2) is 8.42 Å². The van der Waals surface area contributed by atoms with E-state index in [0.29, 0.717) is 29.3 Å². The van der Waals surface area contributed by atoms with E-state index in [1.165, 1.54) is 32.4 Å². The van der Waals surface area contributed by atoms with Gasteiger partial charge in [-0.3, -0.25) is 9.52 Å². The van der Waals surface area contributed by atoms with Gasteiger partial charge in [0.1, 0.15) is 11.5 Å². The molecule has 0 aliphatic carbocycles. The average molecular weight is 523 g/mol. The second kappa shape index (κ2) is 11.0. The van der Waals surface area contributed by atoms with Gasteiger partial charge in [-0.05, 0) is 54.8 Å². The average Bonchev–Trinajstić information content (AvgIpc) is 2.80. The highest BCUT2D eigenvalue weighted by Gasteiger charge is 2.22. The SMILES string of the molecule is COc1cc(OC)c(NS(=O)(=O)c2cc(C(=O)NCCc3ccc(Cl)cc3)ccc2C)cc1Cl. The quantitative estimate of drug-likeness (QED) is 0.408. The van der Waals surface area contributed by atoms with E-state index in [1.54, 1.807) is 31.2 Å². The lowest BCUT2D eigenvalue weighted by Crippen LogP contribution is -2.26. The second-order valence-electron chi connectivity index (χ2n) is 7.41. The van der Waals surface area contributed by atoms with Gasteiger partial charge in [0.25, 0.3) is 15.9 Å². The summed E-state index contributed by atoms with van der Waals surface area (Å²) in [6, 6.07) is 14.7. The molecule has 2 N–H and O–H groups in total. The first-order valence-electron chi connectivity index (χ1n) is 10.2. The summed E-state index contributed by atoms with van der Waals surface area (Å²) in [6.45, 7) is 2.03. The Hall–Kier alpha value is -2.94. The van der Waals surface area contributed by atoms with Crippen molar-refractivity contribution in [2.45, 2.75) is 18.2 Å². The highest BCUT2D eigenvalue weighted by atomic mass is 35.5. The van der Waals surface area contributed by atoms with Crippen LogP contribution in [0.3, 0.4) is 0 Å². The second-order valence-corrected chi connectivity index (χ2v) is 9.90. The molecule has 7 nitrogen and oxygen atoms in total. The fourth-order valence-electron chi connectivity index (χ4n) is 3.24. The minimum Gasteiger partial charge on any atom is -0.495 e. The first-order chi connectivity index (χ1) is 16.1. The van der Waals surface area contributed by atoms with E-state index in [4.69, 9.17) is 32.7 Å². The van der Waals surface area contributed by atoms with Crippen molar-refractivity contribution in [1.29, 1.82) is 0 Å². The number of hydrogen-bond donors (Lipinski definition) is 2. The largest absolute Gasteiger partial charge is 0.495 e. The molecule has 0 fully saturated rings. The molecule has 3 aromatic rings. The van der Waals surface area contributed by atoms with Crippen LogP contribution in [-0.2, 0) is 16.4 Å². The van der Waals surface area contributed by atoms with Crippen LogP contribution >= 0.6 is 23.2 Å². The number of halogens is 2. The number of carbonyl (C=O) groups excluding carboxylic acids is 1. The Balaban J connectivity index is 1.78. The molecule has 0 saturated heterocycles. The standard InChI is InChI=1S/C24H24Cl2N2O5S/c1-15-4-7-17(24(29)27-11-10-16-5-8-18(25)9-6-16)12-23(15)34(30,31)28-20-13-19(26)21(32-2)14-22(20)33-3/h4-9,12-14,28H,10-11H2,1-3H3,(H,27,29). The summed E-state index contributed by atoms with van der Waals surface area (Å²) in [4.78, 5) is 12.6. The van der Waals surface area contributed by atoms with Gasteiger partial charge < -0.3 is 14.8 Å². The highest BCUT2D eigenvalue weighted by Crippen LogP contribution is 2.37. The Labute approximate surface area is 209 Å². The minimum absolute atomic E-state index is 0.0353. The monoisotopic (exact) mass is 522 g/mol. The number of methoxy groups -OCH3 is 2. The van der Waals surface area contributed by atoms with E-state index in [2.05, 4.69) is 10.0 Å². The summed E-state index contributed by atoms with van der Waals surface area (Å²) in [5.74, 6) is 0.198. The molecule has 0 saturated carbocycles. The van der Waals surface area contributed by atoms with E-state index in [1.807, 2.05) is 12.1 Å². The summed E-state index contributed by atoms with van der Waals surface area (Å²) < 4.78 is 39.2. The molecule has 0 radical (unpaired) electrons. The molecular weight excluding hydrogens is 499 g/mol. The van der Waals surface area contributed by atoms with Crippen LogP contribution in [0.5, 0.6) is 11.5 Å². The molecule has 0 aromatic heterocycles. The zero-order valence-corrected chi connectivity index (χ0v) is 21.1. The van der Waals surface area contributed by atoms with E-state index >= 15 is 0 Å². The Bertz CT molecular complexity index is 1300. The number of ether oxygens (including phenoxy) is 2. The van der Waals surface area contributed by atoms with Crippen LogP contribution in [0.25, 0.3) is 0 Å². The summed E-state index contributed by atoms with van der Waals surface area (Å²) in [7, 11) is -1.21. The number of rotatable bonds is 9. The minimum atomic E-state index is -4.06. The predicted molar refractivity (Wildman–Crippen MR) is 134 cm³/mol. The molecule has 0 spiro atoms. The lowest BCUT2D eigenvalue weighted by molar-refractivity contribution is 0.0954. The maximum Gasteiger partial charge on any atom is 0.262 e. The van der Waals surface area contributed by atoms with Gasteiger partial charge in [-0.2, -0.15) is 0 Å². The molecular formula is C24H24Cl2N2O5S. The van der Waals surface area contributed by atoms with E-state index in [-0.39, 0.29) is 32.8 Å². The smallest absolute Gasteiger partial charge is 0.262 e. The van der Waals surface area contributed by atoms with E-state index in [9.17, 15) is 13.2 Å². The molecule has 3 rings (SSSR count). The van der Waals surface area contributed by atoms with Crippen molar-refractivity contribution in [2.75, 3.05) is 25.5 Å². The van der Waals surface area contributed by atoms with E-state index < -0.39 is 10.0 Å². The lowest BCUT2D eigenvalue weighted by atomic mass is 10.1. The first kappa shape index (κ1) is 25.7. The third kappa shape index (κ3) is 6.14. The third-order valence-electron chi connectivity index (χ3n) is 5.07. The molecule has 180 valence electrons. The van der Waals surface area contributed by atoms with Crippen molar-refractivity contribution in [2.24, 2.45) is 0 Å². The van der Waals surface area contributed by atoms with Gasteiger partial charge in [0.15, 0.2) is 0 Å². The zero-order valence-electron chi connectivity index (χ0n) is 18.8. The number of sulfonamides is 1. The van der Waals surface area contributed by atoms with Crippen LogP contribution in [0.2, 0.25) is 10.0 Å². The number of carbonyl (C=O) groups is 1. The number of nitrogens with one attached hydrogen (secondary N) is 2.